The van der Waals surface area contributed by atoms with Crippen LogP contribution in [0.25, 0.3) is 11.2 Å². The first-order valence-corrected chi connectivity index (χ1v) is 5.98. The first-order valence-electron chi connectivity index (χ1n) is 5.98. The number of hydrazine groups is 1. The molecule has 0 saturated carbocycles. The molecule has 0 aliphatic carbocycles. The van der Waals surface area contributed by atoms with Gasteiger partial charge in [0.05, 0.1) is 5.69 Å². The van der Waals surface area contributed by atoms with Gasteiger partial charge in [0.25, 0.3) is 0 Å². The van der Waals surface area contributed by atoms with Crippen molar-refractivity contribution in [2.45, 2.75) is 13.3 Å². The van der Waals surface area contributed by atoms with E-state index in [4.69, 9.17) is 11.6 Å². The van der Waals surface area contributed by atoms with Crippen molar-refractivity contribution in [1.82, 2.24) is 20.3 Å². The van der Waals surface area contributed by atoms with Crippen LogP contribution < -0.4 is 17.0 Å². The van der Waals surface area contributed by atoms with Gasteiger partial charge >= 0.3 is 0 Å². The van der Waals surface area contributed by atoms with E-state index in [1.54, 1.807) is 12.3 Å². The lowest BCUT2D eigenvalue weighted by molar-refractivity contribution is 0.315. The zero-order chi connectivity index (χ0) is 14.1. The van der Waals surface area contributed by atoms with Crippen LogP contribution in [-0.4, -0.2) is 20.3 Å². The van der Waals surface area contributed by atoms with Gasteiger partial charge in [0.1, 0.15) is 5.82 Å². The van der Waals surface area contributed by atoms with Gasteiger partial charge in [0.15, 0.2) is 5.52 Å². The Kier molecular flexibility index (Phi) is 2.92. The minimum Gasteiger partial charge on any atom is -0.396 e. The molecule has 0 unspecified atom stereocenters. The molecule has 0 aliphatic heterocycles. The van der Waals surface area contributed by atoms with Gasteiger partial charge in [-0.3, -0.25) is 0 Å². The van der Waals surface area contributed by atoms with Crippen molar-refractivity contribution < 1.29 is 4.63 Å². The molecule has 0 aliphatic rings. The number of nitrogens with two attached hydrogens (primary N) is 2. The van der Waals surface area contributed by atoms with Crippen LogP contribution in [0.1, 0.15) is 16.8 Å². The van der Waals surface area contributed by atoms with E-state index in [-0.39, 0.29) is 0 Å². The summed E-state index contributed by atoms with van der Waals surface area (Å²) in [5.74, 6) is 5.89. The van der Waals surface area contributed by atoms with E-state index >= 15 is 0 Å². The van der Waals surface area contributed by atoms with Crippen molar-refractivity contribution in [3.05, 3.63) is 35.2 Å². The van der Waals surface area contributed by atoms with E-state index in [1.807, 2.05) is 13.0 Å². The molecule has 20 heavy (non-hydrogen) atoms. The van der Waals surface area contributed by atoms with Gasteiger partial charge in [-0.25, -0.2) is 20.4 Å². The van der Waals surface area contributed by atoms with Gasteiger partial charge in [-0.05, 0) is 28.9 Å². The largest absolute Gasteiger partial charge is 0.396 e. The first-order chi connectivity index (χ1) is 9.69. The fourth-order valence-corrected chi connectivity index (χ4v) is 2.03. The van der Waals surface area contributed by atoms with Crippen LogP contribution in [0.2, 0.25) is 0 Å². The van der Waals surface area contributed by atoms with Crippen LogP contribution in [0.5, 0.6) is 0 Å². The molecule has 0 spiro atoms. The Bertz CT molecular complexity index is 750. The maximum absolute atomic E-state index is 6.11. The van der Waals surface area contributed by atoms with Gasteiger partial charge in [-0.1, -0.05) is 6.07 Å². The number of pyridine rings is 2. The minimum atomic E-state index is 0.421. The molecule has 3 aromatic heterocycles. The molecule has 3 aromatic rings. The van der Waals surface area contributed by atoms with Crippen LogP contribution in [0.4, 0.5) is 11.5 Å². The number of rotatable bonds is 3. The lowest BCUT2D eigenvalue weighted by Crippen LogP contribution is -2.08. The lowest BCUT2D eigenvalue weighted by atomic mass is 10.0. The number of aromatic nitrogens is 4. The van der Waals surface area contributed by atoms with Crippen LogP contribution >= 0.6 is 0 Å². The predicted octanol–water partition coefficient (Wildman–Crippen LogP) is 0.780. The normalized spacial score (nSPS) is 10.9. The molecular weight excluding hydrogens is 258 g/mol. The third-order valence-electron chi connectivity index (χ3n) is 3.12. The summed E-state index contributed by atoms with van der Waals surface area (Å²) in [6.45, 7) is 1.88. The third-order valence-corrected chi connectivity index (χ3v) is 3.12. The summed E-state index contributed by atoms with van der Waals surface area (Å²) in [6, 6.07) is 3.72. The Morgan fingerprint density at radius 2 is 2.15 bits per heavy atom. The summed E-state index contributed by atoms with van der Waals surface area (Å²) in [7, 11) is 0. The summed E-state index contributed by atoms with van der Waals surface area (Å²) in [6.07, 6.45) is 2.34. The van der Waals surface area contributed by atoms with Crippen molar-refractivity contribution in [2.24, 2.45) is 5.84 Å². The minimum absolute atomic E-state index is 0.421. The molecule has 8 heteroatoms. The van der Waals surface area contributed by atoms with Crippen molar-refractivity contribution in [3.8, 4) is 0 Å². The maximum Gasteiger partial charge on any atom is 0.226 e. The summed E-state index contributed by atoms with van der Waals surface area (Å²) >= 11 is 0. The molecule has 0 aromatic carbocycles. The van der Waals surface area contributed by atoms with Crippen molar-refractivity contribution >= 4 is 22.7 Å². The van der Waals surface area contributed by atoms with Crippen LogP contribution in [0, 0.1) is 6.92 Å². The Morgan fingerprint density at radius 3 is 2.85 bits per heavy atom. The van der Waals surface area contributed by atoms with E-state index in [0.717, 1.165) is 16.8 Å². The highest BCUT2D eigenvalue weighted by atomic mass is 16.6. The molecule has 0 saturated heterocycles. The maximum atomic E-state index is 6.11. The third kappa shape index (κ3) is 2.01. The molecular formula is C12H13N7O. The summed E-state index contributed by atoms with van der Waals surface area (Å²) < 4.78 is 4.66. The summed E-state index contributed by atoms with van der Waals surface area (Å²) in [5.41, 5.74) is 12.7. The molecule has 0 fully saturated rings. The van der Waals surface area contributed by atoms with E-state index < -0.39 is 0 Å². The fourth-order valence-electron chi connectivity index (χ4n) is 2.03. The standard InChI is InChI=1S/C12H13N7O/c1-6-8(4-7-2-3-9(17-14)15-5-7)10(13)11-12(16-6)19-20-18-11/h2-3,5H,4,13-14H2,1H3,(H,15,17). The molecule has 102 valence electrons. The van der Waals surface area contributed by atoms with Gasteiger partial charge in [-0.15, -0.1) is 0 Å². The van der Waals surface area contributed by atoms with E-state index in [2.05, 4.69) is 30.3 Å². The number of fused-ring (bicyclic) bond motifs is 1. The number of hydrogen-bond donors (Lipinski definition) is 3. The van der Waals surface area contributed by atoms with Crippen LogP contribution in [0.15, 0.2) is 23.0 Å². The Balaban J connectivity index is 2.00. The van der Waals surface area contributed by atoms with Gasteiger partial charge in [0, 0.05) is 23.9 Å². The van der Waals surface area contributed by atoms with Crippen LogP contribution in [0.3, 0.4) is 0 Å². The molecule has 5 N–H and O–H groups in total. The molecule has 3 rings (SSSR count). The molecule has 8 nitrogen and oxygen atoms in total. The van der Waals surface area contributed by atoms with Crippen molar-refractivity contribution in [1.29, 1.82) is 0 Å². The second kappa shape index (κ2) is 4.74. The number of nitrogens with one attached hydrogen (secondary N) is 1. The highest BCUT2D eigenvalue weighted by Gasteiger charge is 2.14. The van der Waals surface area contributed by atoms with E-state index in [1.165, 1.54) is 0 Å². The zero-order valence-corrected chi connectivity index (χ0v) is 10.8. The topological polar surface area (TPSA) is 129 Å². The number of anilines is 2. The highest BCUT2D eigenvalue weighted by molar-refractivity contribution is 5.85. The lowest BCUT2D eigenvalue weighted by Gasteiger charge is -2.09. The highest BCUT2D eigenvalue weighted by Crippen LogP contribution is 2.25. The summed E-state index contributed by atoms with van der Waals surface area (Å²) in [5, 5.41) is 7.47. The van der Waals surface area contributed by atoms with Crippen LogP contribution in [-0.2, 0) is 6.42 Å². The van der Waals surface area contributed by atoms with Crippen molar-refractivity contribution in [2.75, 3.05) is 11.2 Å². The van der Waals surface area contributed by atoms with Gasteiger partial charge in [0.2, 0.25) is 5.65 Å². The number of nitrogens with zero attached hydrogens (tertiary/aromatic N) is 4. The number of nitrogen functional groups attached to an aromatic ring is 2. The summed E-state index contributed by atoms with van der Waals surface area (Å²) in [4.78, 5) is 8.49. The SMILES string of the molecule is Cc1nc2nonc2c(N)c1Cc1ccc(NN)nc1. The molecule has 0 atom stereocenters. The average molecular weight is 271 g/mol. The van der Waals surface area contributed by atoms with Crippen molar-refractivity contribution in [3.63, 3.8) is 0 Å². The predicted molar refractivity (Wildman–Crippen MR) is 73.6 cm³/mol. The number of aryl methyl sites for hydroxylation is 1. The monoisotopic (exact) mass is 271 g/mol. The first kappa shape index (κ1) is 12.3. The Hall–Kier alpha value is -2.74. The van der Waals surface area contributed by atoms with Gasteiger partial charge in [-0.2, -0.15) is 0 Å². The fraction of sp³-hybridized carbons (Fsp3) is 0.167. The average Bonchev–Trinajstić information content (AvgIpc) is 2.92. The molecule has 0 radical (unpaired) electrons. The smallest absolute Gasteiger partial charge is 0.226 e. The van der Waals surface area contributed by atoms with Gasteiger partial charge < -0.3 is 11.2 Å². The Morgan fingerprint density at radius 1 is 1.30 bits per heavy atom. The second-order valence-corrected chi connectivity index (χ2v) is 4.40. The molecule has 0 bridgehead atoms. The van der Waals surface area contributed by atoms with E-state index in [0.29, 0.717) is 29.1 Å². The number of hydrogen-bond acceptors (Lipinski definition) is 8. The zero-order valence-electron chi connectivity index (χ0n) is 10.8. The van der Waals surface area contributed by atoms with E-state index in [9.17, 15) is 0 Å². The molecule has 0 amide bonds. The second-order valence-electron chi connectivity index (χ2n) is 4.40. The quantitative estimate of drug-likeness (QED) is 0.470. The Labute approximate surface area is 114 Å². The molecule has 3 heterocycles.